The molecule has 1 heterocycles. The lowest BCUT2D eigenvalue weighted by Crippen LogP contribution is -1.92. The van der Waals surface area contributed by atoms with E-state index in [0.29, 0.717) is 0 Å². The third kappa shape index (κ3) is 1.93. The van der Waals surface area contributed by atoms with Crippen molar-refractivity contribution < 1.29 is 0 Å². The van der Waals surface area contributed by atoms with Crippen molar-refractivity contribution >= 4 is 11.6 Å². The third-order valence-electron chi connectivity index (χ3n) is 2.00. The first-order valence-electron chi connectivity index (χ1n) is 4.53. The first kappa shape index (κ1) is 8.81. The smallest absolute Gasteiger partial charge is 0.204 e. The Kier molecular flexibility index (Phi) is 2.49. The summed E-state index contributed by atoms with van der Waals surface area (Å²) in [5, 5.41) is 3.15. The number of aromatic amines is 1. The van der Waals surface area contributed by atoms with E-state index in [9.17, 15) is 0 Å². The zero-order valence-electron chi connectivity index (χ0n) is 7.83. The van der Waals surface area contributed by atoms with Crippen molar-refractivity contribution in [2.24, 2.45) is 0 Å². The van der Waals surface area contributed by atoms with Gasteiger partial charge in [-0.25, -0.2) is 4.98 Å². The molecule has 2 rings (SSSR count). The normalized spacial score (nSPS) is 10.1. The van der Waals surface area contributed by atoms with Crippen LogP contribution in [0.25, 0.3) is 0 Å². The van der Waals surface area contributed by atoms with Crippen LogP contribution in [0.15, 0.2) is 36.7 Å². The van der Waals surface area contributed by atoms with Crippen LogP contribution in [0.5, 0.6) is 0 Å². The van der Waals surface area contributed by atoms with Crippen LogP contribution in [0.4, 0.5) is 11.6 Å². The number of imidazole rings is 1. The van der Waals surface area contributed by atoms with Crippen molar-refractivity contribution in [2.75, 3.05) is 5.32 Å². The Bertz CT molecular complexity index is 375. The van der Waals surface area contributed by atoms with E-state index in [-0.39, 0.29) is 0 Å². The van der Waals surface area contributed by atoms with Crippen molar-refractivity contribution in [1.29, 1.82) is 0 Å². The zero-order chi connectivity index (χ0) is 9.80. The second-order valence-electron chi connectivity index (χ2n) is 3.01. The van der Waals surface area contributed by atoms with Gasteiger partial charge in [-0.2, -0.15) is 0 Å². The molecule has 71 valence electrons. The van der Waals surface area contributed by atoms with E-state index in [1.807, 2.05) is 12.1 Å². The van der Waals surface area contributed by atoms with Gasteiger partial charge in [0.2, 0.25) is 5.95 Å². The lowest BCUT2D eigenvalue weighted by Gasteiger charge is -2.03. The summed E-state index contributed by atoms with van der Waals surface area (Å²) in [5.41, 5.74) is 2.26. The fraction of sp³-hybridized carbons (Fsp3) is 0.0909. The quantitative estimate of drug-likeness (QED) is 0.773. The Labute approximate surface area is 83.2 Å². The Hall–Kier alpha value is -1.77. The summed E-state index contributed by atoms with van der Waals surface area (Å²) in [7, 11) is 0. The third-order valence-corrected chi connectivity index (χ3v) is 2.00. The van der Waals surface area contributed by atoms with E-state index in [1.165, 1.54) is 5.56 Å². The molecule has 0 aliphatic heterocycles. The van der Waals surface area contributed by atoms with Gasteiger partial charge in [-0.15, -0.1) is 0 Å². The SMILES string of the molecule is [CH2]Cc1ccc(Nc2ncc[nH]2)cc1. The standard InChI is InChI=1S/C11H12N3/c1-2-9-3-5-10(6-4-9)14-11-12-7-8-13-11/h3-8H,1-2H2,(H2,12,13,14). The van der Waals surface area contributed by atoms with Gasteiger partial charge in [-0.1, -0.05) is 12.1 Å². The molecule has 0 saturated carbocycles. The van der Waals surface area contributed by atoms with E-state index in [2.05, 4.69) is 34.3 Å². The molecule has 0 aliphatic carbocycles. The second kappa shape index (κ2) is 3.96. The van der Waals surface area contributed by atoms with Gasteiger partial charge >= 0.3 is 0 Å². The maximum absolute atomic E-state index is 4.08. The van der Waals surface area contributed by atoms with E-state index >= 15 is 0 Å². The summed E-state index contributed by atoms with van der Waals surface area (Å²) in [6.07, 6.45) is 4.32. The number of aromatic nitrogens is 2. The van der Waals surface area contributed by atoms with Crippen molar-refractivity contribution in [3.63, 3.8) is 0 Å². The lowest BCUT2D eigenvalue weighted by molar-refractivity contribution is 1.26. The molecule has 0 fully saturated rings. The maximum Gasteiger partial charge on any atom is 0.204 e. The van der Waals surface area contributed by atoms with E-state index < -0.39 is 0 Å². The van der Waals surface area contributed by atoms with Crippen LogP contribution < -0.4 is 5.32 Å². The van der Waals surface area contributed by atoms with Crippen LogP contribution in [0, 0.1) is 6.92 Å². The average molecular weight is 186 g/mol. The highest BCUT2D eigenvalue weighted by atomic mass is 15.1. The molecule has 2 aromatic rings. The van der Waals surface area contributed by atoms with E-state index in [1.54, 1.807) is 12.4 Å². The molecule has 2 N–H and O–H groups in total. The number of benzene rings is 1. The summed E-state index contributed by atoms with van der Waals surface area (Å²) in [4.78, 5) is 7.05. The fourth-order valence-corrected chi connectivity index (χ4v) is 1.23. The Morgan fingerprint density at radius 3 is 2.64 bits per heavy atom. The van der Waals surface area contributed by atoms with Crippen LogP contribution in [-0.2, 0) is 6.42 Å². The molecule has 1 aromatic heterocycles. The zero-order valence-corrected chi connectivity index (χ0v) is 7.83. The summed E-state index contributed by atoms with van der Waals surface area (Å²) in [5.74, 6) is 0.757. The highest BCUT2D eigenvalue weighted by Crippen LogP contribution is 2.13. The van der Waals surface area contributed by atoms with Crippen LogP contribution in [0.1, 0.15) is 5.56 Å². The summed E-state index contributed by atoms with van der Waals surface area (Å²) < 4.78 is 0. The van der Waals surface area contributed by atoms with Crippen LogP contribution in [0.3, 0.4) is 0 Å². The molecule has 1 aromatic carbocycles. The molecule has 0 unspecified atom stereocenters. The van der Waals surface area contributed by atoms with Crippen molar-refractivity contribution in [3.05, 3.63) is 49.1 Å². The predicted molar refractivity (Wildman–Crippen MR) is 57.4 cm³/mol. The van der Waals surface area contributed by atoms with Gasteiger partial charge in [-0.3, -0.25) is 0 Å². The lowest BCUT2D eigenvalue weighted by atomic mass is 10.1. The minimum absolute atomic E-state index is 0.757. The average Bonchev–Trinajstić information content (AvgIpc) is 2.72. The Morgan fingerprint density at radius 1 is 1.29 bits per heavy atom. The van der Waals surface area contributed by atoms with Gasteiger partial charge in [-0.05, 0) is 31.0 Å². The molecular formula is C11H12N3. The Morgan fingerprint density at radius 2 is 2.07 bits per heavy atom. The van der Waals surface area contributed by atoms with Gasteiger partial charge in [0.05, 0.1) is 0 Å². The molecule has 14 heavy (non-hydrogen) atoms. The molecule has 1 radical (unpaired) electrons. The van der Waals surface area contributed by atoms with Crippen LogP contribution in [0.2, 0.25) is 0 Å². The summed E-state index contributed by atoms with van der Waals surface area (Å²) >= 11 is 0. The summed E-state index contributed by atoms with van der Waals surface area (Å²) in [6, 6.07) is 8.14. The van der Waals surface area contributed by atoms with Gasteiger partial charge in [0.25, 0.3) is 0 Å². The number of rotatable bonds is 3. The van der Waals surface area contributed by atoms with E-state index in [4.69, 9.17) is 0 Å². The van der Waals surface area contributed by atoms with Gasteiger partial charge < -0.3 is 10.3 Å². The maximum atomic E-state index is 4.08. The number of hydrogen-bond acceptors (Lipinski definition) is 2. The Balaban J connectivity index is 2.10. The molecule has 0 amide bonds. The highest BCUT2D eigenvalue weighted by molar-refractivity contribution is 5.53. The molecule has 0 spiro atoms. The number of H-pyrrole nitrogens is 1. The molecule has 0 bridgehead atoms. The molecule has 0 atom stereocenters. The van der Waals surface area contributed by atoms with Gasteiger partial charge in [0.15, 0.2) is 0 Å². The van der Waals surface area contributed by atoms with Gasteiger partial charge in [0.1, 0.15) is 0 Å². The number of hydrogen-bond donors (Lipinski definition) is 2. The predicted octanol–water partition coefficient (Wildman–Crippen LogP) is 2.53. The van der Waals surface area contributed by atoms with Crippen LogP contribution in [-0.4, -0.2) is 9.97 Å². The van der Waals surface area contributed by atoms with Gasteiger partial charge in [0, 0.05) is 18.1 Å². The minimum atomic E-state index is 0.757. The monoisotopic (exact) mass is 186 g/mol. The largest absolute Gasteiger partial charge is 0.331 e. The topological polar surface area (TPSA) is 40.7 Å². The van der Waals surface area contributed by atoms with Crippen LogP contribution >= 0.6 is 0 Å². The van der Waals surface area contributed by atoms with Crippen molar-refractivity contribution in [3.8, 4) is 0 Å². The first-order valence-corrected chi connectivity index (χ1v) is 4.53. The first-order chi connectivity index (χ1) is 6.88. The molecule has 0 aliphatic rings. The van der Waals surface area contributed by atoms with Crippen molar-refractivity contribution in [1.82, 2.24) is 9.97 Å². The minimum Gasteiger partial charge on any atom is -0.331 e. The molecule has 3 nitrogen and oxygen atoms in total. The summed E-state index contributed by atoms with van der Waals surface area (Å²) in [6.45, 7) is 3.82. The number of anilines is 2. The van der Waals surface area contributed by atoms with E-state index in [0.717, 1.165) is 18.1 Å². The molecule has 3 heteroatoms. The fourth-order valence-electron chi connectivity index (χ4n) is 1.23. The second-order valence-corrected chi connectivity index (χ2v) is 3.01. The van der Waals surface area contributed by atoms with Crippen molar-refractivity contribution in [2.45, 2.75) is 6.42 Å². The highest BCUT2D eigenvalue weighted by Gasteiger charge is 1.95. The number of nitrogens with one attached hydrogen (secondary N) is 2. The molecule has 0 saturated heterocycles. The number of nitrogens with zero attached hydrogens (tertiary/aromatic N) is 1. The molecular weight excluding hydrogens is 174 g/mol.